The van der Waals surface area contributed by atoms with Crippen molar-refractivity contribution < 1.29 is 17.6 Å². The molecule has 0 aliphatic heterocycles. The van der Waals surface area contributed by atoms with Crippen LogP contribution >= 0.6 is 0 Å². The molecule has 3 nitrogen and oxygen atoms in total. The van der Waals surface area contributed by atoms with E-state index in [-0.39, 0.29) is 5.56 Å². The van der Waals surface area contributed by atoms with Crippen LogP contribution in [0.4, 0.5) is 23.2 Å². The van der Waals surface area contributed by atoms with Crippen molar-refractivity contribution in [3.05, 3.63) is 39.5 Å². The number of benzene rings is 1. The van der Waals surface area contributed by atoms with E-state index in [0.717, 1.165) is 6.07 Å². The van der Waals surface area contributed by atoms with Crippen molar-refractivity contribution in [2.45, 2.75) is 13.1 Å². The van der Waals surface area contributed by atoms with Crippen LogP contribution in [-0.4, -0.2) is 0 Å². The van der Waals surface area contributed by atoms with Gasteiger partial charge in [0.15, 0.2) is 0 Å². The molecule has 0 unspecified atom stereocenters. The first-order valence-corrected chi connectivity index (χ1v) is 3.78. The fourth-order valence-corrected chi connectivity index (χ4v) is 1.10. The zero-order chi connectivity index (χ0) is 11.6. The first-order valence-electron chi connectivity index (χ1n) is 3.78. The summed E-state index contributed by atoms with van der Waals surface area (Å²) in [6.07, 6.45) is -4.61. The maximum atomic E-state index is 13.0. The molecule has 0 radical (unpaired) electrons. The predicted molar refractivity (Wildman–Crippen MR) is 44.9 cm³/mol. The van der Waals surface area contributed by atoms with Crippen molar-refractivity contribution in [2.24, 2.45) is 5.11 Å². The van der Waals surface area contributed by atoms with Gasteiger partial charge >= 0.3 is 6.18 Å². The Morgan fingerprint density at radius 3 is 2.40 bits per heavy atom. The van der Waals surface area contributed by atoms with Crippen LogP contribution < -0.4 is 0 Å². The Balaban J connectivity index is 3.38. The monoisotopic (exact) mass is 219 g/mol. The number of alkyl halides is 3. The maximum Gasteiger partial charge on any atom is 0.416 e. The van der Waals surface area contributed by atoms with Crippen molar-refractivity contribution >= 4 is 5.69 Å². The summed E-state index contributed by atoms with van der Waals surface area (Å²) in [5.74, 6) is -1.19. The quantitative estimate of drug-likeness (QED) is 0.295. The van der Waals surface area contributed by atoms with Crippen LogP contribution in [0.15, 0.2) is 17.2 Å². The van der Waals surface area contributed by atoms with E-state index in [1.54, 1.807) is 0 Å². The summed E-state index contributed by atoms with van der Waals surface area (Å²) in [6, 6.07) is 1.18. The van der Waals surface area contributed by atoms with E-state index in [1.165, 1.54) is 6.92 Å². The zero-order valence-electron chi connectivity index (χ0n) is 7.51. The molecule has 1 aromatic rings. The lowest BCUT2D eigenvalue weighted by Crippen LogP contribution is -2.07. The molecule has 0 aliphatic carbocycles. The number of halogens is 4. The van der Waals surface area contributed by atoms with E-state index in [4.69, 9.17) is 5.53 Å². The first-order chi connectivity index (χ1) is 6.86. The maximum absolute atomic E-state index is 13.0. The lowest BCUT2D eigenvalue weighted by molar-refractivity contribution is -0.138. The van der Waals surface area contributed by atoms with E-state index in [9.17, 15) is 17.6 Å². The van der Waals surface area contributed by atoms with Crippen LogP contribution in [0, 0.1) is 12.7 Å². The minimum atomic E-state index is -4.61. The van der Waals surface area contributed by atoms with Crippen molar-refractivity contribution in [1.29, 1.82) is 0 Å². The summed E-state index contributed by atoms with van der Waals surface area (Å²) in [5.41, 5.74) is 6.33. The largest absolute Gasteiger partial charge is 0.416 e. The Morgan fingerprint density at radius 1 is 1.33 bits per heavy atom. The van der Waals surface area contributed by atoms with Gasteiger partial charge in [0.1, 0.15) is 5.82 Å². The van der Waals surface area contributed by atoms with Crippen LogP contribution in [0.5, 0.6) is 0 Å². The minimum absolute atomic E-state index is 0.189. The second kappa shape index (κ2) is 3.78. The molecule has 0 N–H and O–H groups in total. The van der Waals surface area contributed by atoms with Gasteiger partial charge < -0.3 is 0 Å². The molecule has 7 heteroatoms. The predicted octanol–water partition coefficient (Wildman–Crippen LogP) is 4.09. The summed E-state index contributed by atoms with van der Waals surface area (Å²) in [4.78, 5) is 2.30. The molecule has 0 bridgehead atoms. The van der Waals surface area contributed by atoms with Gasteiger partial charge in [0, 0.05) is 4.91 Å². The van der Waals surface area contributed by atoms with Gasteiger partial charge in [0.25, 0.3) is 0 Å². The van der Waals surface area contributed by atoms with Gasteiger partial charge in [-0.25, -0.2) is 4.39 Å². The molecule has 0 spiro atoms. The van der Waals surface area contributed by atoms with Crippen molar-refractivity contribution in [1.82, 2.24) is 0 Å². The lowest BCUT2D eigenvalue weighted by atomic mass is 10.1. The molecular formula is C8H5F4N3. The molecule has 0 heterocycles. The average molecular weight is 219 g/mol. The van der Waals surface area contributed by atoms with Gasteiger partial charge in [0.2, 0.25) is 0 Å². The summed E-state index contributed by atoms with van der Waals surface area (Å²) in [6.45, 7) is 1.17. The molecule has 0 aliphatic rings. The second-order valence-electron chi connectivity index (χ2n) is 2.81. The van der Waals surface area contributed by atoms with Crippen molar-refractivity contribution in [3.63, 3.8) is 0 Å². The molecule has 0 saturated heterocycles. The molecule has 0 atom stereocenters. The highest BCUT2D eigenvalue weighted by atomic mass is 19.4. The molecule has 15 heavy (non-hydrogen) atoms. The number of hydrogen-bond acceptors (Lipinski definition) is 1. The summed E-state index contributed by atoms with van der Waals surface area (Å²) in [5, 5.41) is 2.93. The third-order valence-electron chi connectivity index (χ3n) is 1.75. The zero-order valence-corrected chi connectivity index (χ0v) is 7.51. The summed E-state index contributed by atoms with van der Waals surface area (Å²) in [7, 11) is 0. The van der Waals surface area contributed by atoms with E-state index in [2.05, 4.69) is 10.0 Å². The Bertz CT molecular complexity index is 432. The third kappa shape index (κ3) is 2.38. The van der Waals surface area contributed by atoms with Gasteiger partial charge in [-0.05, 0) is 30.2 Å². The Kier molecular flexibility index (Phi) is 2.85. The normalized spacial score (nSPS) is 11.0. The molecule has 80 valence electrons. The van der Waals surface area contributed by atoms with Crippen LogP contribution in [0.3, 0.4) is 0 Å². The third-order valence-corrected chi connectivity index (χ3v) is 1.75. The fourth-order valence-electron chi connectivity index (χ4n) is 1.10. The molecule has 0 fully saturated rings. The second-order valence-corrected chi connectivity index (χ2v) is 2.81. The first kappa shape index (κ1) is 11.3. The van der Waals surface area contributed by atoms with Crippen LogP contribution in [0.2, 0.25) is 0 Å². The molecule has 0 amide bonds. The Morgan fingerprint density at radius 2 is 1.93 bits per heavy atom. The SMILES string of the molecule is Cc1cc(N=[N+]=[N-])c(F)cc1C(F)(F)F. The minimum Gasteiger partial charge on any atom is -0.206 e. The number of hydrogen-bond donors (Lipinski definition) is 0. The summed E-state index contributed by atoms with van der Waals surface area (Å²) >= 11 is 0. The number of rotatable bonds is 1. The van der Waals surface area contributed by atoms with Crippen LogP contribution in [0.25, 0.3) is 10.4 Å². The van der Waals surface area contributed by atoms with E-state index < -0.39 is 23.2 Å². The highest BCUT2D eigenvalue weighted by molar-refractivity contribution is 5.46. The van der Waals surface area contributed by atoms with Gasteiger partial charge in [-0.1, -0.05) is 5.11 Å². The van der Waals surface area contributed by atoms with Crippen molar-refractivity contribution in [2.75, 3.05) is 0 Å². The van der Waals surface area contributed by atoms with Crippen LogP contribution in [-0.2, 0) is 6.18 Å². The number of aryl methyl sites for hydroxylation is 1. The highest BCUT2D eigenvalue weighted by Crippen LogP contribution is 2.34. The molecule has 1 rings (SSSR count). The topological polar surface area (TPSA) is 48.8 Å². The van der Waals surface area contributed by atoms with Crippen molar-refractivity contribution in [3.8, 4) is 0 Å². The van der Waals surface area contributed by atoms with E-state index >= 15 is 0 Å². The Hall–Kier alpha value is -1.75. The molecule has 0 aromatic heterocycles. The van der Waals surface area contributed by atoms with Gasteiger partial charge in [0.05, 0.1) is 11.3 Å². The lowest BCUT2D eigenvalue weighted by Gasteiger charge is -2.10. The van der Waals surface area contributed by atoms with Gasteiger partial charge in [-0.3, -0.25) is 0 Å². The molecular weight excluding hydrogens is 214 g/mol. The van der Waals surface area contributed by atoms with E-state index in [1.807, 2.05) is 0 Å². The Labute approximate surface area is 82.0 Å². The smallest absolute Gasteiger partial charge is 0.206 e. The van der Waals surface area contributed by atoms with E-state index in [0.29, 0.717) is 6.07 Å². The number of azide groups is 1. The summed E-state index contributed by atoms with van der Waals surface area (Å²) < 4.78 is 49.8. The molecule has 1 aromatic carbocycles. The standard InChI is InChI=1S/C8H5F4N3/c1-4-2-7(14-15-13)6(9)3-5(4)8(10,11)12/h2-3H,1H3. The number of nitrogens with zero attached hydrogens (tertiary/aromatic N) is 3. The average Bonchev–Trinajstić information content (AvgIpc) is 2.09. The highest BCUT2D eigenvalue weighted by Gasteiger charge is 2.33. The fraction of sp³-hybridized carbons (Fsp3) is 0.250. The van der Waals surface area contributed by atoms with Gasteiger partial charge in [-0.2, -0.15) is 13.2 Å². The van der Waals surface area contributed by atoms with Gasteiger partial charge in [-0.15, -0.1) is 0 Å². The molecule has 0 saturated carbocycles. The van der Waals surface area contributed by atoms with Crippen LogP contribution in [0.1, 0.15) is 11.1 Å².